The van der Waals surface area contributed by atoms with E-state index in [1.165, 1.54) is 37.3 Å². The minimum atomic E-state index is -4.95. The van der Waals surface area contributed by atoms with E-state index in [4.69, 9.17) is 4.74 Å². The van der Waals surface area contributed by atoms with Crippen molar-refractivity contribution >= 4 is 28.0 Å². The van der Waals surface area contributed by atoms with Crippen LogP contribution in [-0.4, -0.2) is 22.9 Å². The number of carbonyl (C=O) groups is 1. The van der Waals surface area contributed by atoms with Gasteiger partial charge in [-0.15, -0.1) is 0 Å². The van der Waals surface area contributed by atoms with E-state index in [2.05, 4.69) is 15.9 Å². The van der Waals surface area contributed by atoms with Crippen LogP contribution in [0.3, 0.4) is 0 Å². The summed E-state index contributed by atoms with van der Waals surface area (Å²) in [7, 11) is 0. The Morgan fingerprint density at radius 2 is 1.85 bits per heavy atom. The maximum atomic E-state index is 13.9. The summed E-state index contributed by atoms with van der Waals surface area (Å²) in [5.74, 6) is -2.30. The number of halogens is 5. The molecule has 0 radical (unpaired) electrons. The summed E-state index contributed by atoms with van der Waals surface area (Å²) in [6, 6.07) is 8.21. The topological polar surface area (TPSA) is 46.5 Å². The number of hydrogen-bond acceptors (Lipinski definition) is 2. The second-order valence-corrected chi connectivity index (χ2v) is 6.94. The Bertz CT molecular complexity index is 935. The Morgan fingerprint density at radius 1 is 1.22 bits per heavy atom. The van der Waals surface area contributed by atoms with E-state index < -0.39 is 35.6 Å². The molecule has 0 saturated heterocycles. The van der Waals surface area contributed by atoms with E-state index in [1.807, 2.05) is 0 Å². The normalized spacial score (nSPS) is 19.1. The molecule has 3 rings (SSSR count). The average molecular weight is 445 g/mol. The maximum absolute atomic E-state index is 13.9. The number of benzene rings is 2. The monoisotopic (exact) mass is 444 g/mol. The van der Waals surface area contributed by atoms with Gasteiger partial charge in [-0.25, -0.2) is 9.18 Å². The number of hydrogen-bond donors (Lipinski definition) is 1. The van der Waals surface area contributed by atoms with Gasteiger partial charge in [0.25, 0.3) is 0 Å². The lowest BCUT2D eigenvalue weighted by atomic mass is 9.84. The second-order valence-electron chi connectivity index (χ2n) is 6.02. The molecule has 1 N–H and O–H groups in total. The molecule has 0 saturated carbocycles. The van der Waals surface area contributed by atoms with Crippen LogP contribution in [0.4, 0.5) is 17.6 Å². The minimum Gasteiger partial charge on any atom is -0.478 e. The van der Waals surface area contributed by atoms with Crippen LogP contribution in [0.2, 0.25) is 0 Å². The van der Waals surface area contributed by atoms with Gasteiger partial charge in [-0.3, -0.25) is 0 Å². The Kier molecular flexibility index (Phi) is 4.80. The Morgan fingerprint density at radius 3 is 2.37 bits per heavy atom. The highest BCUT2D eigenvalue weighted by Gasteiger charge is 2.62. The van der Waals surface area contributed by atoms with Crippen molar-refractivity contribution in [2.45, 2.75) is 25.1 Å². The standard InChI is InChI=1S/C19H13BrF4O3/c1-2-18(19(22,23)24)15(17(25)26)8-11-7-12(20)9-14(16(11)27-18)10-3-5-13(21)6-4-10/h3-9H,2H2,1H3,(H,25,26). The highest BCUT2D eigenvalue weighted by molar-refractivity contribution is 9.10. The average Bonchev–Trinajstić information content (AvgIpc) is 2.59. The van der Waals surface area contributed by atoms with Crippen molar-refractivity contribution in [1.82, 2.24) is 0 Å². The number of carboxylic acid groups (broad SMARTS) is 1. The van der Waals surface area contributed by atoms with Crippen molar-refractivity contribution in [2.24, 2.45) is 0 Å². The quantitative estimate of drug-likeness (QED) is 0.606. The van der Waals surface area contributed by atoms with Crippen LogP contribution >= 0.6 is 15.9 Å². The predicted molar refractivity (Wildman–Crippen MR) is 94.9 cm³/mol. The summed E-state index contributed by atoms with van der Waals surface area (Å²) >= 11 is 3.27. The highest BCUT2D eigenvalue weighted by atomic mass is 79.9. The molecule has 0 amide bonds. The van der Waals surface area contributed by atoms with E-state index in [-0.39, 0.29) is 11.3 Å². The molecule has 8 heteroatoms. The predicted octanol–water partition coefficient (Wildman–Crippen LogP) is 5.83. The van der Waals surface area contributed by atoms with E-state index in [0.29, 0.717) is 15.6 Å². The number of rotatable bonds is 3. The summed E-state index contributed by atoms with van der Waals surface area (Å²) < 4.78 is 60.8. The fourth-order valence-corrected chi connectivity index (χ4v) is 3.56. The molecule has 2 aromatic carbocycles. The molecule has 1 aliphatic heterocycles. The SMILES string of the molecule is CCC1(C(F)(F)F)Oc2c(cc(Br)cc2-c2ccc(F)cc2)C=C1C(=O)O. The van der Waals surface area contributed by atoms with Crippen molar-refractivity contribution < 1.29 is 32.2 Å². The fraction of sp³-hybridized carbons (Fsp3) is 0.211. The van der Waals surface area contributed by atoms with E-state index in [0.717, 1.165) is 6.08 Å². The zero-order valence-electron chi connectivity index (χ0n) is 13.9. The molecule has 1 atom stereocenters. The summed E-state index contributed by atoms with van der Waals surface area (Å²) in [6.45, 7) is 1.21. The third kappa shape index (κ3) is 3.22. The molecule has 1 heterocycles. The molecule has 1 unspecified atom stereocenters. The van der Waals surface area contributed by atoms with Crippen LogP contribution in [0.1, 0.15) is 18.9 Å². The molecule has 0 aromatic heterocycles. The van der Waals surface area contributed by atoms with E-state index in [1.54, 1.807) is 6.07 Å². The van der Waals surface area contributed by atoms with Crippen molar-refractivity contribution in [1.29, 1.82) is 0 Å². The Labute approximate surface area is 160 Å². The summed E-state index contributed by atoms with van der Waals surface area (Å²) in [5, 5.41) is 9.38. The fourth-order valence-electron chi connectivity index (χ4n) is 3.09. The maximum Gasteiger partial charge on any atom is 0.432 e. The summed E-state index contributed by atoms with van der Waals surface area (Å²) in [4.78, 5) is 11.6. The number of carboxylic acids is 1. The zero-order chi connectivity index (χ0) is 20.0. The zero-order valence-corrected chi connectivity index (χ0v) is 15.5. The van der Waals surface area contributed by atoms with Crippen LogP contribution < -0.4 is 4.74 Å². The van der Waals surface area contributed by atoms with Gasteiger partial charge in [0.2, 0.25) is 5.60 Å². The molecular formula is C19H13BrF4O3. The Balaban J connectivity index is 2.31. The molecule has 142 valence electrons. The lowest BCUT2D eigenvalue weighted by Gasteiger charge is -2.39. The van der Waals surface area contributed by atoms with Crippen LogP contribution in [0.15, 0.2) is 46.4 Å². The number of aliphatic carboxylic acids is 1. The molecule has 27 heavy (non-hydrogen) atoms. The van der Waals surface area contributed by atoms with E-state index in [9.17, 15) is 27.5 Å². The Hall–Kier alpha value is -2.35. The second kappa shape index (κ2) is 6.67. The van der Waals surface area contributed by atoms with Gasteiger partial charge in [0.1, 0.15) is 11.6 Å². The van der Waals surface area contributed by atoms with Crippen molar-refractivity contribution in [3.8, 4) is 16.9 Å². The van der Waals surface area contributed by atoms with Gasteiger partial charge in [0.15, 0.2) is 0 Å². The first-order valence-electron chi connectivity index (χ1n) is 7.89. The van der Waals surface area contributed by atoms with Crippen LogP contribution in [0, 0.1) is 5.82 Å². The van der Waals surface area contributed by atoms with Gasteiger partial charge >= 0.3 is 12.1 Å². The van der Waals surface area contributed by atoms with Gasteiger partial charge in [-0.2, -0.15) is 13.2 Å². The number of ether oxygens (including phenoxy) is 1. The largest absolute Gasteiger partial charge is 0.478 e. The molecule has 3 nitrogen and oxygen atoms in total. The molecule has 0 bridgehead atoms. The molecule has 0 aliphatic carbocycles. The summed E-state index contributed by atoms with van der Waals surface area (Å²) in [5.41, 5.74) is -2.94. The molecule has 0 spiro atoms. The number of alkyl halides is 3. The molecule has 2 aromatic rings. The lowest BCUT2D eigenvalue weighted by Crippen LogP contribution is -2.54. The van der Waals surface area contributed by atoms with Crippen molar-refractivity contribution in [2.75, 3.05) is 0 Å². The third-order valence-corrected chi connectivity index (χ3v) is 4.89. The van der Waals surface area contributed by atoms with Crippen LogP contribution in [0.25, 0.3) is 17.2 Å². The van der Waals surface area contributed by atoms with Crippen molar-refractivity contribution in [3.05, 3.63) is 57.8 Å². The van der Waals surface area contributed by atoms with Crippen LogP contribution in [-0.2, 0) is 4.79 Å². The third-order valence-electron chi connectivity index (χ3n) is 4.44. The molecule has 0 fully saturated rings. The minimum absolute atomic E-state index is 0.103. The first kappa shape index (κ1) is 19.4. The van der Waals surface area contributed by atoms with E-state index >= 15 is 0 Å². The molecular weight excluding hydrogens is 432 g/mol. The van der Waals surface area contributed by atoms with Gasteiger partial charge in [-0.05, 0) is 42.3 Å². The van der Waals surface area contributed by atoms with Gasteiger partial charge < -0.3 is 9.84 Å². The van der Waals surface area contributed by atoms with Crippen LogP contribution in [0.5, 0.6) is 5.75 Å². The lowest BCUT2D eigenvalue weighted by molar-refractivity contribution is -0.236. The van der Waals surface area contributed by atoms with Gasteiger partial charge in [-0.1, -0.05) is 35.0 Å². The molecule has 1 aliphatic rings. The summed E-state index contributed by atoms with van der Waals surface area (Å²) in [6.07, 6.45) is -4.58. The first-order chi connectivity index (χ1) is 12.6. The highest BCUT2D eigenvalue weighted by Crippen LogP contribution is 2.50. The number of fused-ring (bicyclic) bond motifs is 1. The van der Waals surface area contributed by atoms with Gasteiger partial charge in [0.05, 0.1) is 5.57 Å². The smallest absolute Gasteiger partial charge is 0.432 e. The van der Waals surface area contributed by atoms with Crippen molar-refractivity contribution in [3.63, 3.8) is 0 Å². The van der Waals surface area contributed by atoms with Gasteiger partial charge in [0, 0.05) is 15.6 Å². The first-order valence-corrected chi connectivity index (χ1v) is 8.69.